The Kier molecular flexibility index (Phi) is 3.03. The zero-order valence-corrected chi connectivity index (χ0v) is 12.7. The lowest BCUT2D eigenvalue weighted by Gasteiger charge is -2.55. The molecule has 0 aromatic rings. The minimum Gasteiger partial charge on any atom is -0.393 e. The summed E-state index contributed by atoms with van der Waals surface area (Å²) in [6.07, 6.45) is 10.2. The van der Waals surface area contributed by atoms with Crippen LogP contribution in [0.3, 0.4) is 0 Å². The molecule has 4 aliphatic rings. The van der Waals surface area contributed by atoms with Crippen LogP contribution in [0.4, 0.5) is 0 Å². The van der Waals surface area contributed by atoms with Crippen molar-refractivity contribution in [3.8, 4) is 0 Å². The molecule has 4 rings (SSSR count). The van der Waals surface area contributed by atoms with Gasteiger partial charge in [0.25, 0.3) is 0 Å². The molecule has 1 N–H and O–H groups in total. The number of ketones is 1. The molecule has 2 heteroatoms. The number of rotatable bonds is 0. The van der Waals surface area contributed by atoms with Crippen molar-refractivity contribution in [2.75, 3.05) is 0 Å². The lowest BCUT2D eigenvalue weighted by atomic mass is 9.50. The third kappa shape index (κ3) is 1.76. The average Bonchev–Trinajstić information content (AvgIpc) is 2.74. The summed E-state index contributed by atoms with van der Waals surface area (Å²) in [6.45, 7) is 2.35. The van der Waals surface area contributed by atoms with Crippen LogP contribution in [-0.4, -0.2) is 17.0 Å². The average molecular weight is 276 g/mol. The molecule has 0 aromatic heterocycles. The second-order valence-corrected chi connectivity index (χ2v) is 8.35. The number of aliphatic hydroxyl groups is 1. The summed E-state index contributed by atoms with van der Waals surface area (Å²) < 4.78 is 0. The van der Waals surface area contributed by atoms with Gasteiger partial charge in [-0.2, -0.15) is 0 Å². The van der Waals surface area contributed by atoms with Crippen LogP contribution >= 0.6 is 0 Å². The van der Waals surface area contributed by atoms with E-state index in [1.165, 1.54) is 32.1 Å². The molecule has 4 fully saturated rings. The summed E-state index contributed by atoms with van der Waals surface area (Å²) in [4.78, 5) is 11.7. The Morgan fingerprint density at radius 1 is 1.00 bits per heavy atom. The molecule has 0 saturated heterocycles. The first-order valence-electron chi connectivity index (χ1n) is 8.79. The molecule has 0 radical (unpaired) electrons. The summed E-state index contributed by atoms with van der Waals surface area (Å²) in [5.74, 6) is 4.52. The van der Waals surface area contributed by atoms with Gasteiger partial charge in [-0.3, -0.25) is 4.79 Å². The number of carbonyl (C=O) groups is 1. The van der Waals surface area contributed by atoms with Gasteiger partial charge >= 0.3 is 0 Å². The van der Waals surface area contributed by atoms with E-state index in [2.05, 4.69) is 6.92 Å². The first-order chi connectivity index (χ1) is 9.59. The summed E-state index contributed by atoms with van der Waals surface area (Å²) in [5, 5.41) is 10.4. The van der Waals surface area contributed by atoms with Gasteiger partial charge in [-0.25, -0.2) is 0 Å². The van der Waals surface area contributed by atoms with Crippen molar-refractivity contribution < 1.29 is 9.90 Å². The molecule has 0 aromatic carbocycles. The van der Waals surface area contributed by atoms with Crippen molar-refractivity contribution in [2.45, 2.75) is 70.8 Å². The number of carbonyl (C=O) groups excluding carboxylic acids is 1. The number of Topliss-reactive ketones (excluding diaryl/α,β-unsaturated/α-hetero) is 1. The van der Waals surface area contributed by atoms with Gasteiger partial charge in [-0.15, -0.1) is 0 Å². The first-order valence-corrected chi connectivity index (χ1v) is 8.79. The Hall–Kier alpha value is -0.370. The van der Waals surface area contributed by atoms with E-state index in [1.54, 1.807) is 0 Å². The van der Waals surface area contributed by atoms with Crippen molar-refractivity contribution in [1.29, 1.82) is 0 Å². The largest absolute Gasteiger partial charge is 0.393 e. The normalized spacial score (nSPS) is 55.0. The van der Waals surface area contributed by atoms with E-state index < -0.39 is 0 Å². The molecule has 3 unspecified atom stereocenters. The van der Waals surface area contributed by atoms with E-state index in [1.807, 2.05) is 0 Å². The van der Waals surface area contributed by atoms with Gasteiger partial charge in [-0.1, -0.05) is 6.92 Å². The zero-order chi connectivity index (χ0) is 13.9. The fourth-order valence-electron chi connectivity index (χ4n) is 6.63. The van der Waals surface area contributed by atoms with Crippen molar-refractivity contribution in [3.63, 3.8) is 0 Å². The highest BCUT2D eigenvalue weighted by molar-refractivity contribution is 5.79. The highest BCUT2D eigenvalue weighted by Gasteiger charge is 2.56. The number of aliphatic hydroxyl groups excluding tert-OH is 1. The van der Waals surface area contributed by atoms with Crippen LogP contribution < -0.4 is 0 Å². The van der Waals surface area contributed by atoms with Crippen LogP contribution in [0.1, 0.15) is 64.7 Å². The van der Waals surface area contributed by atoms with Gasteiger partial charge in [-0.05, 0) is 80.0 Å². The maximum Gasteiger partial charge on any atom is 0.133 e. The van der Waals surface area contributed by atoms with Crippen LogP contribution in [0.5, 0.6) is 0 Å². The van der Waals surface area contributed by atoms with Gasteiger partial charge in [0, 0.05) is 12.8 Å². The molecule has 4 aliphatic carbocycles. The fourth-order valence-corrected chi connectivity index (χ4v) is 6.63. The van der Waals surface area contributed by atoms with E-state index in [-0.39, 0.29) is 11.5 Å². The lowest BCUT2D eigenvalue weighted by Crippen LogP contribution is -2.49. The van der Waals surface area contributed by atoms with Crippen LogP contribution in [0.25, 0.3) is 0 Å². The molecular formula is C18H28O2. The second-order valence-electron chi connectivity index (χ2n) is 8.35. The molecule has 7 atom stereocenters. The molecule has 20 heavy (non-hydrogen) atoms. The SMILES string of the molecule is C[C@]12CCC3C(CC[C@H]4CC(=O)CC[C@H]34)C1CC[C@@H]2O. The topological polar surface area (TPSA) is 37.3 Å². The molecule has 0 spiro atoms. The lowest BCUT2D eigenvalue weighted by molar-refractivity contribution is -0.128. The monoisotopic (exact) mass is 276 g/mol. The van der Waals surface area contributed by atoms with E-state index in [0.29, 0.717) is 11.7 Å². The predicted octanol–water partition coefficient (Wildman–Crippen LogP) is 3.57. The third-order valence-electron chi connectivity index (χ3n) is 7.72. The fraction of sp³-hybridized carbons (Fsp3) is 0.944. The Morgan fingerprint density at radius 2 is 1.85 bits per heavy atom. The van der Waals surface area contributed by atoms with Crippen LogP contribution in [0.2, 0.25) is 0 Å². The second kappa shape index (κ2) is 4.56. The van der Waals surface area contributed by atoms with Crippen LogP contribution in [0.15, 0.2) is 0 Å². The van der Waals surface area contributed by atoms with Crippen molar-refractivity contribution in [2.24, 2.45) is 35.0 Å². The van der Waals surface area contributed by atoms with Gasteiger partial charge < -0.3 is 5.11 Å². The number of hydrogen-bond donors (Lipinski definition) is 1. The smallest absolute Gasteiger partial charge is 0.133 e. The standard InChI is InChI=1S/C18H28O2/c1-18-9-8-14-13-5-3-12(19)10-11(13)2-4-15(14)16(18)6-7-17(18)20/h11,13-17,20H,2-10H2,1H3/t11-,13-,14?,15?,16?,17-,18-/m0/s1. The van der Waals surface area contributed by atoms with E-state index in [0.717, 1.165) is 49.4 Å². The van der Waals surface area contributed by atoms with Gasteiger partial charge in [0.15, 0.2) is 0 Å². The van der Waals surface area contributed by atoms with E-state index >= 15 is 0 Å². The third-order valence-corrected chi connectivity index (χ3v) is 7.72. The minimum absolute atomic E-state index is 0.0564. The van der Waals surface area contributed by atoms with Gasteiger partial charge in [0.05, 0.1) is 6.10 Å². The summed E-state index contributed by atoms with van der Waals surface area (Å²) in [5.41, 5.74) is 0.207. The molecule has 4 saturated carbocycles. The van der Waals surface area contributed by atoms with Crippen molar-refractivity contribution in [3.05, 3.63) is 0 Å². The minimum atomic E-state index is -0.0564. The number of hydrogen-bond acceptors (Lipinski definition) is 2. The Morgan fingerprint density at radius 3 is 2.70 bits per heavy atom. The summed E-state index contributed by atoms with van der Waals surface area (Å²) in [6, 6.07) is 0. The Labute approximate surface area is 122 Å². The Bertz CT molecular complexity index is 418. The molecular weight excluding hydrogens is 248 g/mol. The molecule has 0 bridgehead atoms. The first kappa shape index (κ1) is 13.3. The van der Waals surface area contributed by atoms with Crippen molar-refractivity contribution in [1.82, 2.24) is 0 Å². The quantitative estimate of drug-likeness (QED) is 0.734. The van der Waals surface area contributed by atoms with Gasteiger partial charge in [0.2, 0.25) is 0 Å². The summed E-state index contributed by atoms with van der Waals surface area (Å²) in [7, 11) is 0. The molecule has 0 heterocycles. The zero-order valence-electron chi connectivity index (χ0n) is 12.7. The van der Waals surface area contributed by atoms with E-state index in [9.17, 15) is 9.90 Å². The van der Waals surface area contributed by atoms with Crippen LogP contribution in [0, 0.1) is 35.0 Å². The highest BCUT2D eigenvalue weighted by atomic mass is 16.3. The molecule has 0 amide bonds. The van der Waals surface area contributed by atoms with E-state index in [4.69, 9.17) is 0 Å². The predicted molar refractivity (Wildman–Crippen MR) is 78.1 cm³/mol. The Balaban J connectivity index is 1.58. The molecule has 112 valence electrons. The maximum absolute atomic E-state index is 11.7. The number of fused-ring (bicyclic) bond motifs is 5. The van der Waals surface area contributed by atoms with Gasteiger partial charge in [0.1, 0.15) is 5.78 Å². The highest BCUT2D eigenvalue weighted by Crippen LogP contribution is 2.62. The summed E-state index contributed by atoms with van der Waals surface area (Å²) >= 11 is 0. The maximum atomic E-state index is 11.7. The molecule has 2 nitrogen and oxygen atoms in total. The molecule has 0 aliphatic heterocycles. The van der Waals surface area contributed by atoms with Crippen LogP contribution in [-0.2, 0) is 4.79 Å². The van der Waals surface area contributed by atoms with Crippen molar-refractivity contribution >= 4 is 5.78 Å².